The highest BCUT2D eigenvalue weighted by Gasteiger charge is 2.41. The van der Waals surface area contributed by atoms with E-state index in [2.05, 4.69) is 6.92 Å². The lowest BCUT2D eigenvalue weighted by atomic mass is 10.1. The van der Waals surface area contributed by atoms with Gasteiger partial charge in [-0.2, -0.15) is 0 Å². The molecule has 112 valence electrons. The van der Waals surface area contributed by atoms with E-state index in [-0.39, 0.29) is 17.7 Å². The number of carbonyl (C=O) groups is 2. The first-order valence-corrected chi connectivity index (χ1v) is 8.14. The molecule has 0 aromatic carbocycles. The third-order valence-electron chi connectivity index (χ3n) is 5.54. The van der Waals surface area contributed by atoms with Crippen LogP contribution in [0.15, 0.2) is 0 Å². The Kier molecular flexibility index (Phi) is 3.74. The van der Waals surface area contributed by atoms with Crippen molar-refractivity contribution in [1.82, 2.24) is 9.80 Å². The minimum Gasteiger partial charge on any atom is -0.342 e. The normalized spacial score (nSPS) is 29.0. The third-order valence-corrected chi connectivity index (χ3v) is 5.54. The maximum Gasteiger partial charge on any atom is 0.227 e. The second-order valence-corrected chi connectivity index (χ2v) is 6.91. The van der Waals surface area contributed by atoms with E-state index in [1.807, 2.05) is 16.8 Å². The predicted molar refractivity (Wildman–Crippen MR) is 77.0 cm³/mol. The summed E-state index contributed by atoms with van der Waals surface area (Å²) in [5.41, 5.74) is 0. The van der Waals surface area contributed by atoms with Gasteiger partial charge in [0, 0.05) is 32.1 Å². The molecule has 2 atom stereocenters. The number of hydrogen-bond donors (Lipinski definition) is 0. The average molecular weight is 278 g/mol. The molecule has 4 nitrogen and oxygen atoms in total. The number of hydrogen-bond acceptors (Lipinski definition) is 2. The highest BCUT2D eigenvalue weighted by Crippen LogP contribution is 2.36. The van der Waals surface area contributed by atoms with Gasteiger partial charge in [-0.1, -0.05) is 12.8 Å². The second kappa shape index (κ2) is 5.38. The molecule has 2 amide bonds. The van der Waals surface area contributed by atoms with E-state index < -0.39 is 0 Å². The van der Waals surface area contributed by atoms with E-state index in [1.165, 1.54) is 25.7 Å². The zero-order valence-corrected chi connectivity index (χ0v) is 12.7. The summed E-state index contributed by atoms with van der Waals surface area (Å²) in [4.78, 5) is 28.6. The molecule has 1 saturated heterocycles. The van der Waals surface area contributed by atoms with E-state index in [1.54, 1.807) is 0 Å². The maximum absolute atomic E-state index is 12.6. The predicted octanol–water partition coefficient (Wildman–Crippen LogP) is 2.03. The third kappa shape index (κ3) is 2.57. The summed E-state index contributed by atoms with van der Waals surface area (Å²) in [6.45, 7) is 2.80. The van der Waals surface area contributed by atoms with Gasteiger partial charge in [0.25, 0.3) is 0 Å². The first-order valence-electron chi connectivity index (χ1n) is 8.14. The van der Waals surface area contributed by atoms with Crippen LogP contribution in [0.5, 0.6) is 0 Å². The highest BCUT2D eigenvalue weighted by molar-refractivity contribution is 5.89. The Morgan fingerprint density at radius 1 is 1.25 bits per heavy atom. The number of likely N-dealkylation sites (tertiary alicyclic amines) is 1. The van der Waals surface area contributed by atoms with Gasteiger partial charge in [0.1, 0.15) is 0 Å². The summed E-state index contributed by atoms with van der Waals surface area (Å²) < 4.78 is 0. The monoisotopic (exact) mass is 278 g/mol. The molecule has 1 heterocycles. The van der Waals surface area contributed by atoms with Crippen LogP contribution in [0.25, 0.3) is 0 Å². The Balaban J connectivity index is 1.60. The highest BCUT2D eigenvalue weighted by atomic mass is 16.2. The van der Waals surface area contributed by atoms with Crippen molar-refractivity contribution in [3.05, 3.63) is 0 Å². The Labute approximate surface area is 121 Å². The van der Waals surface area contributed by atoms with Crippen molar-refractivity contribution in [3.63, 3.8) is 0 Å². The first-order chi connectivity index (χ1) is 9.58. The molecule has 3 aliphatic rings. The lowest BCUT2D eigenvalue weighted by molar-refractivity contribution is -0.136. The van der Waals surface area contributed by atoms with Crippen molar-refractivity contribution < 1.29 is 9.59 Å². The van der Waals surface area contributed by atoms with Crippen LogP contribution in [-0.4, -0.2) is 47.3 Å². The van der Waals surface area contributed by atoms with Crippen LogP contribution < -0.4 is 0 Å². The molecule has 4 heteroatoms. The van der Waals surface area contributed by atoms with E-state index in [0.29, 0.717) is 31.0 Å². The van der Waals surface area contributed by atoms with Crippen LogP contribution in [-0.2, 0) is 9.59 Å². The Bertz CT molecular complexity index is 399. The Morgan fingerprint density at radius 2 is 1.90 bits per heavy atom. The molecular formula is C16H26N2O2. The molecule has 0 bridgehead atoms. The lowest BCUT2D eigenvalue weighted by Gasteiger charge is -2.28. The van der Waals surface area contributed by atoms with Crippen molar-refractivity contribution in [1.29, 1.82) is 0 Å². The SMILES string of the molecule is CC(C1CC1)N(C)C(=O)C1CC(=O)N(C2CCCC2)C1. The van der Waals surface area contributed by atoms with E-state index in [4.69, 9.17) is 0 Å². The summed E-state index contributed by atoms with van der Waals surface area (Å²) in [5.74, 6) is 0.960. The number of carbonyl (C=O) groups excluding carboxylic acids is 2. The zero-order chi connectivity index (χ0) is 14.3. The van der Waals surface area contributed by atoms with E-state index >= 15 is 0 Å². The molecule has 0 N–H and O–H groups in total. The van der Waals surface area contributed by atoms with Gasteiger partial charge >= 0.3 is 0 Å². The molecule has 2 unspecified atom stereocenters. The van der Waals surface area contributed by atoms with Gasteiger partial charge in [-0.15, -0.1) is 0 Å². The van der Waals surface area contributed by atoms with E-state index in [9.17, 15) is 9.59 Å². The van der Waals surface area contributed by atoms with Crippen molar-refractivity contribution in [2.45, 2.75) is 64.0 Å². The smallest absolute Gasteiger partial charge is 0.227 e. The molecule has 0 spiro atoms. The molecule has 1 aliphatic heterocycles. The molecular weight excluding hydrogens is 252 g/mol. The Hall–Kier alpha value is -1.06. The number of nitrogens with zero attached hydrogens (tertiary/aromatic N) is 2. The van der Waals surface area contributed by atoms with Crippen molar-refractivity contribution in [2.75, 3.05) is 13.6 Å². The van der Waals surface area contributed by atoms with Gasteiger partial charge in [0.15, 0.2) is 0 Å². The van der Waals surface area contributed by atoms with Gasteiger partial charge < -0.3 is 9.80 Å². The van der Waals surface area contributed by atoms with Crippen LogP contribution in [0.1, 0.15) is 51.9 Å². The Morgan fingerprint density at radius 3 is 2.50 bits per heavy atom. The van der Waals surface area contributed by atoms with Gasteiger partial charge in [-0.05, 0) is 38.5 Å². The minimum atomic E-state index is -0.103. The lowest BCUT2D eigenvalue weighted by Crippen LogP contribution is -2.41. The van der Waals surface area contributed by atoms with Crippen LogP contribution in [0.3, 0.4) is 0 Å². The molecule has 20 heavy (non-hydrogen) atoms. The fourth-order valence-corrected chi connectivity index (χ4v) is 3.85. The average Bonchev–Trinajstić information content (AvgIpc) is 3.01. The van der Waals surface area contributed by atoms with Crippen LogP contribution in [0.4, 0.5) is 0 Å². The van der Waals surface area contributed by atoms with Gasteiger partial charge in [-0.3, -0.25) is 9.59 Å². The van der Waals surface area contributed by atoms with Crippen molar-refractivity contribution in [2.24, 2.45) is 11.8 Å². The number of rotatable bonds is 4. The second-order valence-electron chi connectivity index (χ2n) is 6.91. The van der Waals surface area contributed by atoms with Gasteiger partial charge in [0.05, 0.1) is 5.92 Å². The van der Waals surface area contributed by atoms with Crippen LogP contribution in [0.2, 0.25) is 0 Å². The quantitative estimate of drug-likeness (QED) is 0.789. The van der Waals surface area contributed by atoms with Crippen LogP contribution >= 0.6 is 0 Å². The summed E-state index contributed by atoms with van der Waals surface area (Å²) in [6, 6.07) is 0.740. The minimum absolute atomic E-state index is 0.103. The molecule has 0 radical (unpaired) electrons. The molecule has 0 aromatic heterocycles. The topological polar surface area (TPSA) is 40.6 Å². The van der Waals surface area contributed by atoms with Crippen molar-refractivity contribution >= 4 is 11.8 Å². The fourth-order valence-electron chi connectivity index (χ4n) is 3.85. The molecule has 0 aromatic rings. The summed E-state index contributed by atoms with van der Waals surface area (Å²) in [6.07, 6.45) is 7.63. The largest absolute Gasteiger partial charge is 0.342 e. The fraction of sp³-hybridized carbons (Fsp3) is 0.875. The van der Waals surface area contributed by atoms with Crippen molar-refractivity contribution in [3.8, 4) is 0 Å². The molecule has 3 rings (SSSR count). The van der Waals surface area contributed by atoms with Crippen LogP contribution in [0, 0.1) is 11.8 Å². The number of amides is 2. The maximum atomic E-state index is 12.6. The molecule has 2 aliphatic carbocycles. The standard InChI is InChI=1S/C16H26N2O2/c1-11(12-7-8-12)17(2)16(20)13-9-15(19)18(10-13)14-5-3-4-6-14/h11-14H,3-10H2,1-2H3. The summed E-state index contributed by atoms with van der Waals surface area (Å²) >= 11 is 0. The molecule has 2 saturated carbocycles. The summed E-state index contributed by atoms with van der Waals surface area (Å²) in [7, 11) is 1.91. The molecule has 3 fully saturated rings. The van der Waals surface area contributed by atoms with E-state index in [0.717, 1.165) is 12.8 Å². The van der Waals surface area contributed by atoms with Gasteiger partial charge in [0.2, 0.25) is 11.8 Å². The first kappa shape index (κ1) is 13.9. The van der Waals surface area contributed by atoms with Gasteiger partial charge in [-0.25, -0.2) is 0 Å². The zero-order valence-electron chi connectivity index (χ0n) is 12.7. The summed E-state index contributed by atoms with van der Waals surface area (Å²) in [5, 5.41) is 0.